The summed E-state index contributed by atoms with van der Waals surface area (Å²) in [5.74, 6) is 0. The van der Waals surface area contributed by atoms with E-state index in [2.05, 4.69) is 0 Å². The molecule has 0 radical (unpaired) electrons. The van der Waals surface area contributed by atoms with Crippen LogP contribution in [0.4, 0.5) is 5.69 Å². The molecule has 0 unspecified atom stereocenters. The molecule has 4 nitrogen and oxygen atoms in total. The monoisotopic (exact) mass is 424 g/mol. The van der Waals surface area contributed by atoms with E-state index in [1.807, 2.05) is 45.2 Å². The Bertz CT molecular complexity index is 444. The van der Waals surface area contributed by atoms with Crippen LogP contribution >= 0.6 is 45.2 Å². The molecular formula is C6H6I2N2O2S. The number of nitrogen functional groups attached to an aromatic ring is 1. The van der Waals surface area contributed by atoms with Crippen molar-refractivity contribution in [3.8, 4) is 0 Å². The van der Waals surface area contributed by atoms with Crippen LogP contribution < -0.4 is 10.9 Å². The van der Waals surface area contributed by atoms with Crippen molar-refractivity contribution < 1.29 is 8.42 Å². The molecule has 0 aromatic heterocycles. The van der Waals surface area contributed by atoms with Gasteiger partial charge in [-0.15, -0.1) is 0 Å². The number of hydrogen-bond donors (Lipinski definition) is 2. The summed E-state index contributed by atoms with van der Waals surface area (Å²) in [5, 5.41) is 4.99. The van der Waals surface area contributed by atoms with Gasteiger partial charge in [-0.3, -0.25) is 0 Å². The second-order valence-electron chi connectivity index (χ2n) is 2.35. The lowest BCUT2D eigenvalue weighted by atomic mass is 10.3. The molecule has 13 heavy (non-hydrogen) atoms. The van der Waals surface area contributed by atoms with Crippen LogP contribution in [0.3, 0.4) is 0 Å². The van der Waals surface area contributed by atoms with Gasteiger partial charge in [-0.05, 0) is 57.3 Å². The minimum Gasteiger partial charge on any atom is -0.398 e. The fraction of sp³-hybridized carbons (Fsp3) is 0. The molecule has 1 aromatic carbocycles. The van der Waals surface area contributed by atoms with E-state index in [0.29, 0.717) is 9.26 Å². The summed E-state index contributed by atoms with van der Waals surface area (Å²) >= 11 is 3.94. The van der Waals surface area contributed by atoms with Crippen LogP contribution in [0.25, 0.3) is 0 Å². The molecule has 1 rings (SSSR count). The van der Waals surface area contributed by atoms with Gasteiger partial charge in [-0.25, -0.2) is 13.6 Å². The van der Waals surface area contributed by atoms with Crippen molar-refractivity contribution in [1.82, 2.24) is 0 Å². The van der Waals surface area contributed by atoms with Gasteiger partial charge in [0, 0.05) is 12.8 Å². The lowest BCUT2D eigenvalue weighted by Crippen LogP contribution is -2.14. The maximum atomic E-state index is 11.0. The number of rotatable bonds is 1. The predicted octanol–water partition coefficient (Wildman–Crippen LogP) is 1.13. The maximum absolute atomic E-state index is 11.0. The zero-order chi connectivity index (χ0) is 10.2. The molecule has 0 saturated carbocycles. The van der Waals surface area contributed by atoms with Gasteiger partial charge in [-0.1, -0.05) is 0 Å². The molecule has 0 fully saturated rings. The molecule has 0 heterocycles. The number of benzene rings is 1. The Kier molecular flexibility index (Phi) is 3.41. The van der Waals surface area contributed by atoms with Crippen molar-refractivity contribution in [2.24, 2.45) is 5.14 Å². The van der Waals surface area contributed by atoms with Gasteiger partial charge in [0.05, 0.1) is 4.90 Å². The number of anilines is 1. The zero-order valence-corrected chi connectivity index (χ0v) is 11.4. The van der Waals surface area contributed by atoms with Crippen molar-refractivity contribution in [2.45, 2.75) is 4.90 Å². The normalized spacial score (nSPS) is 11.6. The van der Waals surface area contributed by atoms with E-state index in [9.17, 15) is 8.42 Å². The van der Waals surface area contributed by atoms with Crippen molar-refractivity contribution in [2.75, 3.05) is 5.73 Å². The molecule has 0 atom stereocenters. The van der Waals surface area contributed by atoms with Crippen LogP contribution in [0.15, 0.2) is 17.0 Å². The van der Waals surface area contributed by atoms with Crippen molar-refractivity contribution in [3.05, 3.63) is 19.3 Å². The molecule has 0 amide bonds. The number of nitrogens with two attached hydrogens (primary N) is 2. The Labute approximate surface area is 103 Å². The summed E-state index contributed by atoms with van der Waals surface area (Å²) in [6.07, 6.45) is 0. The van der Waals surface area contributed by atoms with Crippen LogP contribution in [0.5, 0.6) is 0 Å². The first-order valence-electron chi connectivity index (χ1n) is 3.09. The van der Waals surface area contributed by atoms with Gasteiger partial charge >= 0.3 is 0 Å². The Balaban J connectivity index is 3.50. The molecule has 72 valence electrons. The van der Waals surface area contributed by atoms with Crippen LogP contribution in [0.1, 0.15) is 0 Å². The summed E-state index contributed by atoms with van der Waals surface area (Å²) in [7, 11) is -3.66. The molecular weight excluding hydrogens is 418 g/mol. The Hall–Kier alpha value is 0.390. The average molecular weight is 424 g/mol. The summed E-state index contributed by atoms with van der Waals surface area (Å²) in [6.45, 7) is 0. The van der Waals surface area contributed by atoms with Crippen molar-refractivity contribution in [3.63, 3.8) is 0 Å². The van der Waals surface area contributed by atoms with E-state index in [-0.39, 0.29) is 4.90 Å². The second-order valence-corrected chi connectivity index (χ2v) is 6.20. The average Bonchev–Trinajstić information content (AvgIpc) is 1.94. The summed E-state index contributed by atoms with van der Waals surface area (Å²) < 4.78 is 23.5. The number of halogens is 2. The fourth-order valence-corrected chi connectivity index (χ4v) is 3.84. The molecule has 4 N–H and O–H groups in total. The topological polar surface area (TPSA) is 86.2 Å². The van der Waals surface area contributed by atoms with E-state index in [4.69, 9.17) is 10.9 Å². The van der Waals surface area contributed by atoms with Gasteiger partial charge < -0.3 is 5.73 Å². The first-order chi connectivity index (χ1) is 5.82. The fourth-order valence-electron chi connectivity index (χ4n) is 0.763. The van der Waals surface area contributed by atoms with Crippen LogP contribution in [-0.4, -0.2) is 8.42 Å². The predicted molar refractivity (Wildman–Crippen MR) is 67.7 cm³/mol. The van der Waals surface area contributed by atoms with Crippen LogP contribution in [0.2, 0.25) is 0 Å². The molecule has 0 aliphatic rings. The quantitative estimate of drug-likeness (QED) is 0.524. The largest absolute Gasteiger partial charge is 0.398 e. The highest BCUT2D eigenvalue weighted by atomic mass is 127. The van der Waals surface area contributed by atoms with E-state index in [0.717, 1.165) is 3.57 Å². The highest BCUT2D eigenvalue weighted by Gasteiger charge is 2.14. The minimum atomic E-state index is -3.66. The third-order valence-electron chi connectivity index (χ3n) is 1.36. The van der Waals surface area contributed by atoms with Gasteiger partial charge in [0.25, 0.3) is 0 Å². The third-order valence-corrected chi connectivity index (χ3v) is 4.50. The lowest BCUT2D eigenvalue weighted by molar-refractivity contribution is 0.597. The Morgan fingerprint density at radius 1 is 1.15 bits per heavy atom. The second kappa shape index (κ2) is 3.87. The smallest absolute Gasteiger partial charge is 0.239 e. The van der Waals surface area contributed by atoms with Gasteiger partial charge in [-0.2, -0.15) is 0 Å². The Morgan fingerprint density at radius 3 is 2.15 bits per heavy atom. The van der Waals surface area contributed by atoms with Crippen molar-refractivity contribution in [1.29, 1.82) is 0 Å². The molecule has 7 heteroatoms. The Morgan fingerprint density at radius 2 is 1.69 bits per heavy atom. The highest BCUT2D eigenvalue weighted by Crippen LogP contribution is 2.24. The SMILES string of the molecule is Nc1cc(S(N)(=O)=O)c(I)cc1I. The number of sulfonamides is 1. The molecule has 0 spiro atoms. The molecule has 0 aliphatic carbocycles. The molecule has 1 aromatic rings. The number of hydrogen-bond acceptors (Lipinski definition) is 3. The first-order valence-corrected chi connectivity index (χ1v) is 6.80. The summed E-state index contributed by atoms with van der Waals surface area (Å²) in [6, 6.07) is 3.05. The molecule has 0 aliphatic heterocycles. The summed E-state index contributed by atoms with van der Waals surface area (Å²) in [4.78, 5) is 0.0750. The van der Waals surface area contributed by atoms with Gasteiger partial charge in [0.15, 0.2) is 0 Å². The maximum Gasteiger partial charge on any atom is 0.239 e. The highest BCUT2D eigenvalue weighted by molar-refractivity contribution is 14.1. The molecule has 0 bridgehead atoms. The summed E-state index contributed by atoms with van der Waals surface area (Å²) in [5.41, 5.74) is 5.98. The first kappa shape index (κ1) is 11.5. The standard InChI is InChI=1S/C6H6I2N2O2S/c7-3-1-4(8)6(2-5(3)9)13(10,11)12/h1-2H,9H2,(H2,10,11,12). The van der Waals surface area contributed by atoms with E-state index < -0.39 is 10.0 Å². The van der Waals surface area contributed by atoms with Gasteiger partial charge in [0.2, 0.25) is 10.0 Å². The minimum absolute atomic E-state index is 0.0750. The lowest BCUT2D eigenvalue weighted by Gasteiger charge is -2.04. The van der Waals surface area contributed by atoms with Crippen LogP contribution in [0, 0.1) is 7.14 Å². The van der Waals surface area contributed by atoms with Gasteiger partial charge in [0.1, 0.15) is 0 Å². The number of primary sulfonamides is 1. The van der Waals surface area contributed by atoms with E-state index >= 15 is 0 Å². The van der Waals surface area contributed by atoms with E-state index in [1.165, 1.54) is 6.07 Å². The van der Waals surface area contributed by atoms with E-state index in [1.54, 1.807) is 6.07 Å². The molecule has 0 saturated heterocycles. The zero-order valence-electron chi connectivity index (χ0n) is 6.29. The third kappa shape index (κ3) is 2.67. The van der Waals surface area contributed by atoms with Crippen molar-refractivity contribution >= 4 is 60.9 Å². The van der Waals surface area contributed by atoms with Crippen LogP contribution in [-0.2, 0) is 10.0 Å².